The van der Waals surface area contributed by atoms with Gasteiger partial charge in [0.05, 0.1) is 6.54 Å². The van der Waals surface area contributed by atoms with E-state index in [1.165, 1.54) is 10.5 Å². The molecule has 2 fully saturated rings. The second-order valence-corrected chi connectivity index (χ2v) is 8.53. The van der Waals surface area contributed by atoms with Crippen molar-refractivity contribution in [1.29, 1.82) is 0 Å². The minimum absolute atomic E-state index is 0.108. The number of fused-ring (bicyclic) bond motifs is 1. The van der Waals surface area contributed by atoms with Gasteiger partial charge in [-0.25, -0.2) is 4.79 Å². The van der Waals surface area contributed by atoms with Crippen molar-refractivity contribution in [2.75, 3.05) is 24.5 Å². The lowest BCUT2D eigenvalue weighted by atomic mass is 9.98. The van der Waals surface area contributed by atoms with Crippen molar-refractivity contribution < 1.29 is 19.2 Å². The van der Waals surface area contributed by atoms with Gasteiger partial charge < -0.3 is 10.2 Å². The first-order chi connectivity index (χ1) is 15.0. The van der Waals surface area contributed by atoms with Crippen LogP contribution in [0.1, 0.15) is 50.5 Å². The molecule has 5 amide bonds. The summed E-state index contributed by atoms with van der Waals surface area (Å²) in [4.78, 5) is 52.3. The monoisotopic (exact) mass is 427 g/mol. The number of nitrogens with zero attached hydrogens (tertiary/aromatic N) is 2. The van der Waals surface area contributed by atoms with Crippen LogP contribution in [-0.2, 0) is 20.8 Å². The van der Waals surface area contributed by atoms with Crippen molar-refractivity contribution in [3.63, 3.8) is 0 Å². The maximum absolute atomic E-state index is 12.6. The molecule has 1 aromatic carbocycles. The Morgan fingerprint density at radius 1 is 1.03 bits per heavy atom. The van der Waals surface area contributed by atoms with Gasteiger partial charge in [-0.05, 0) is 43.7 Å². The van der Waals surface area contributed by atoms with Crippen molar-refractivity contribution in [2.24, 2.45) is 0 Å². The number of imide groups is 1. The van der Waals surface area contributed by atoms with Crippen LogP contribution in [0.3, 0.4) is 0 Å². The number of aryl methyl sites for hydroxylation is 1. The molecule has 9 heteroatoms. The SMILES string of the molecule is O=C(CCCN1C(=O)NC2(CCCC2)C1=O)NNC(=O)CN1CCCc2ccccc21. The lowest BCUT2D eigenvalue weighted by molar-refractivity contribution is -0.131. The van der Waals surface area contributed by atoms with E-state index in [1.54, 1.807) is 0 Å². The molecular weight excluding hydrogens is 398 g/mol. The highest BCUT2D eigenvalue weighted by Crippen LogP contribution is 2.35. The predicted octanol–water partition coefficient (Wildman–Crippen LogP) is 1.23. The van der Waals surface area contributed by atoms with E-state index in [1.807, 2.05) is 23.1 Å². The molecule has 1 saturated carbocycles. The molecule has 0 aromatic heterocycles. The Labute approximate surface area is 181 Å². The van der Waals surface area contributed by atoms with Gasteiger partial charge in [0.1, 0.15) is 5.54 Å². The number of hydrazine groups is 1. The van der Waals surface area contributed by atoms with Gasteiger partial charge in [0.25, 0.3) is 11.8 Å². The minimum atomic E-state index is -0.722. The minimum Gasteiger partial charge on any atom is -0.362 e. The Balaban J connectivity index is 1.18. The quantitative estimate of drug-likeness (QED) is 0.467. The third-order valence-electron chi connectivity index (χ3n) is 6.37. The third-order valence-corrected chi connectivity index (χ3v) is 6.37. The molecule has 3 N–H and O–H groups in total. The molecule has 0 atom stereocenters. The summed E-state index contributed by atoms with van der Waals surface area (Å²) in [5.74, 6) is -0.817. The zero-order valence-corrected chi connectivity index (χ0v) is 17.6. The summed E-state index contributed by atoms with van der Waals surface area (Å²) in [5.41, 5.74) is 6.44. The molecular formula is C22H29N5O4. The Hall–Kier alpha value is -3.10. The maximum Gasteiger partial charge on any atom is 0.325 e. The molecule has 0 unspecified atom stereocenters. The number of benzene rings is 1. The highest BCUT2D eigenvalue weighted by Gasteiger charge is 2.52. The molecule has 3 aliphatic rings. The van der Waals surface area contributed by atoms with E-state index in [-0.39, 0.29) is 43.3 Å². The van der Waals surface area contributed by atoms with Crippen LogP contribution in [0.4, 0.5) is 10.5 Å². The average Bonchev–Trinajstić information content (AvgIpc) is 3.33. The van der Waals surface area contributed by atoms with Crippen molar-refractivity contribution in [2.45, 2.75) is 56.9 Å². The van der Waals surface area contributed by atoms with Crippen molar-refractivity contribution >= 4 is 29.4 Å². The number of hydrogen-bond donors (Lipinski definition) is 3. The predicted molar refractivity (Wildman–Crippen MR) is 114 cm³/mol. The van der Waals surface area contributed by atoms with Crippen molar-refractivity contribution in [3.05, 3.63) is 29.8 Å². The summed E-state index contributed by atoms with van der Waals surface area (Å²) in [5, 5.41) is 2.83. The largest absolute Gasteiger partial charge is 0.362 e. The molecule has 1 saturated heterocycles. The van der Waals surface area contributed by atoms with E-state index in [0.717, 1.165) is 37.9 Å². The van der Waals surface area contributed by atoms with Gasteiger partial charge in [-0.1, -0.05) is 31.0 Å². The molecule has 9 nitrogen and oxygen atoms in total. The van der Waals surface area contributed by atoms with Crippen LogP contribution in [0.15, 0.2) is 24.3 Å². The summed E-state index contributed by atoms with van der Waals surface area (Å²) in [6, 6.07) is 7.65. The fourth-order valence-electron chi connectivity index (χ4n) is 4.79. The Morgan fingerprint density at radius 3 is 2.58 bits per heavy atom. The summed E-state index contributed by atoms with van der Waals surface area (Å²) in [6.45, 7) is 1.16. The van der Waals surface area contributed by atoms with Gasteiger partial charge in [-0.3, -0.25) is 30.1 Å². The lowest BCUT2D eigenvalue weighted by Crippen LogP contribution is -2.47. The van der Waals surface area contributed by atoms with E-state index in [4.69, 9.17) is 0 Å². The van der Waals surface area contributed by atoms with Crippen LogP contribution in [0.5, 0.6) is 0 Å². The number of urea groups is 1. The molecule has 1 aliphatic carbocycles. The van der Waals surface area contributed by atoms with Gasteiger partial charge in [0.2, 0.25) is 5.91 Å². The number of amides is 5. The summed E-state index contributed by atoms with van der Waals surface area (Å²) in [7, 11) is 0. The first kappa shape index (κ1) is 21.1. The average molecular weight is 428 g/mol. The van der Waals surface area contributed by atoms with Gasteiger partial charge >= 0.3 is 6.03 Å². The molecule has 0 bridgehead atoms. The second kappa shape index (κ2) is 8.95. The van der Waals surface area contributed by atoms with Crippen molar-refractivity contribution in [3.8, 4) is 0 Å². The number of carbonyl (C=O) groups is 4. The highest BCUT2D eigenvalue weighted by molar-refractivity contribution is 6.07. The topological polar surface area (TPSA) is 111 Å². The standard InChI is InChI=1S/C22H29N5O4/c28-18(10-6-14-27-20(30)22(23-21(27)31)11-3-4-12-22)24-25-19(29)15-26-13-5-8-16-7-1-2-9-17(16)26/h1-2,7,9H,3-6,8,10-15H2,(H,23,31)(H,24,28)(H,25,29). The second-order valence-electron chi connectivity index (χ2n) is 8.53. The number of para-hydroxylation sites is 1. The zero-order chi connectivity index (χ0) is 21.8. The first-order valence-electron chi connectivity index (χ1n) is 11.0. The van der Waals surface area contributed by atoms with Gasteiger partial charge in [0.15, 0.2) is 0 Å². The highest BCUT2D eigenvalue weighted by atomic mass is 16.2. The molecule has 31 heavy (non-hydrogen) atoms. The smallest absolute Gasteiger partial charge is 0.325 e. The summed E-state index contributed by atoms with van der Waals surface area (Å²) >= 11 is 0. The molecule has 1 spiro atoms. The van der Waals surface area contributed by atoms with Crippen molar-refractivity contribution in [1.82, 2.24) is 21.1 Å². The Bertz CT molecular complexity index is 880. The number of carbonyl (C=O) groups excluding carboxylic acids is 4. The molecule has 4 rings (SSSR count). The van der Waals surface area contributed by atoms with E-state index in [2.05, 4.69) is 22.2 Å². The fraction of sp³-hybridized carbons (Fsp3) is 0.545. The molecule has 0 radical (unpaired) electrons. The van der Waals surface area contributed by atoms with Crippen LogP contribution in [0.25, 0.3) is 0 Å². The van der Waals surface area contributed by atoms with Crippen LogP contribution in [-0.4, -0.2) is 53.8 Å². The van der Waals surface area contributed by atoms with E-state index >= 15 is 0 Å². The lowest BCUT2D eigenvalue weighted by Gasteiger charge is -2.30. The van der Waals surface area contributed by atoms with Crippen LogP contribution >= 0.6 is 0 Å². The van der Waals surface area contributed by atoms with Gasteiger partial charge in [-0.2, -0.15) is 0 Å². The number of nitrogens with one attached hydrogen (secondary N) is 3. The molecule has 2 aliphatic heterocycles. The summed E-state index contributed by atoms with van der Waals surface area (Å²) in [6.07, 6.45) is 5.68. The normalized spacial score (nSPS) is 19.4. The zero-order valence-electron chi connectivity index (χ0n) is 17.6. The Kier molecular flexibility index (Phi) is 6.11. The number of anilines is 1. The van der Waals surface area contributed by atoms with Gasteiger partial charge in [0, 0.05) is 25.2 Å². The summed E-state index contributed by atoms with van der Waals surface area (Å²) < 4.78 is 0. The van der Waals surface area contributed by atoms with Gasteiger partial charge in [-0.15, -0.1) is 0 Å². The Morgan fingerprint density at radius 2 is 1.77 bits per heavy atom. The van der Waals surface area contributed by atoms with E-state index in [0.29, 0.717) is 19.3 Å². The number of rotatable bonds is 6. The van der Waals surface area contributed by atoms with Crippen LogP contribution in [0.2, 0.25) is 0 Å². The third kappa shape index (κ3) is 4.50. The van der Waals surface area contributed by atoms with Crippen LogP contribution < -0.4 is 21.1 Å². The molecule has 2 heterocycles. The molecule has 1 aromatic rings. The van der Waals surface area contributed by atoms with E-state index < -0.39 is 5.54 Å². The maximum atomic E-state index is 12.6. The fourth-order valence-corrected chi connectivity index (χ4v) is 4.79. The molecule has 166 valence electrons. The van der Waals surface area contributed by atoms with E-state index in [9.17, 15) is 19.2 Å². The first-order valence-corrected chi connectivity index (χ1v) is 11.0. The van der Waals surface area contributed by atoms with Crippen LogP contribution in [0, 0.1) is 0 Å². The number of hydrogen-bond acceptors (Lipinski definition) is 5.